The van der Waals surface area contributed by atoms with Crippen molar-refractivity contribution in [3.63, 3.8) is 0 Å². The van der Waals surface area contributed by atoms with E-state index >= 15 is 0 Å². The van der Waals surface area contributed by atoms with Gasteiger partial charge in [0.1, 0.15) is 11.9 Å². The number of sulfonamides is 1. The SMILES string of the molecule is CCC1CCN(S(=O)(=O)c2ccc(F)cc2)C(C(=O)O)C1. The van der Waals surface area contributed by atoms with Crippen molar-refractivity contribution in [2.75, 3.05) is 6.54 Å². The van der Waals surface area contributed by atoms with Crippen LogP contribution in [0, 0.1) is 11.7 Å². The highest BCUT2D eigenvalue weighted by molar-refractivity contribution is 7.89. The number of piperidine rings is 1. The summed E-state index contributed by atoms with van der Waals surface area (Å²) in [4.78, 5) is 11.3. The molecular weight excluding hydrogens is 297 g/mol. The fourth-order valence-electron chi connectivity index (χ4n) is 2.64. The number of benzene rings is 1. The number of carboxylic acid groups (broad SMARTS) is 1. The first kappa shape index (κ1) is 15.9. The molecule has 1 heterocycles. The van der Waals surface area contributed by atoms with Gasteiger partial charge in [0, 0.05) is 6.54 Å². The predicted octanol–water partition coefficient (Wildman–Crippen LogP) is 2.09. The van der Waals surface area contributed by atoms with E-state index in [-0.39, 0.29) is 17.4 Å². The summed E-state index contributed by atoms with van der Waals surface area (Å²) < 4.78 is 39.0. The molecule has 5 nitrogen and oxygen atoms in total. The van der Waals surface area contributed by atoms with Crippen molar-refractivity contribution < 1.29 is 22.7 Å². The van der Waals surface area contributed by atoms with Gasteiger partial charge in [0.25, 0.3) is 0 Å². The van der Waals surface area contributed by atoms with Gasteiger partial charge in [-0.25, -0.2) is 12.8 Å². The Kier molecular flexibility index (Phi) is 4.63. The number of nitrogens with zero attached hydrogens (tertiary/aromatic N) is 1. The van der Waals surface area contributed by atoms with Gasteiger partial charge >= 0.3 is 5.97 Å². The normalized spacial score (nSPS) is 23.9. The molecule has 116 valence electrons. The molecule has 0 aliphatic carbocycles. The Balaban J connectivity index is 2.33. The molecule has 1 fully saturated rings. The summed E-state index contributed by atoms with van der Waals surface area (Å²) >= 11 is 0. The van der Waals surface area contributed by atoms with E-state index in [0.717, 1.165) is 35.0 Å². The summed E-state index contributed by atoms with van der Waals surface area (Å²) in [6.45, 7) is 2.14. The molecule has 21 heavy (non-hydrogen) atoms. The summed E-state index contributed by atoms with van der Waals surface area (Å²) in [6, 6.07) is 3.38. The zero-order chi connectivity index (χ0) is 15.6. The smallest absolute Gasteiger partial charge is 0.322 e. The third-order valence-corrected chi connectivity index (χ3v) is 5.87. The average molecular weight is 315 g/mol. The van der Waals surface area contributed by atoms with Crippen molar-refractivity contribution in [3.8, 4) is 0 Å². The molecule has 1 aliphatic rings. The third-order valence-electron chi connectivity index (χ3n) is 3.94. The molecular formula is C14H18FNO4S. The van der Waals surface area contributed by atoms with Crippen LogP contribution in [0.5, 0.6) is 0 Å². The molecule has 1 aliphatic heterocycles. The number of halogens is 1. The Labute approximate surface area is 123 Å². The second kappa shape index (κ2) is 6.11. The molecule has 1 saturated heterocycles. The molecule has 0 radical (unpaired) electrons. The van der Waals surface area contributed by atoms with Gasteiger partial charge in [-0.15, -0.1) is 0 Å². The Hall–Kier alpha value is -1.47. The first-order valence-electron chi connectivity index (χ1n) is 6.86. The van der Waals surface area contributed by atoms with Crippen LogP contribution in [0.2, 0.25) is 0 Å². The Morgan fingerprint density at radius 3 is 2.52 bits per heavy atom. The van der Waals surface area contributed by atoms with Crippen LogP contribution in [-0.2, 0) is 14.8 Å². The van der Waals surface area contributed by atoms with Crippen LogP contribution in [0.25, 0.3) is 0 Å². The molecule has 1 N–H and O–H groups in total. The Morgan fingerprint density at radius 2 is 2.00 bits per heavy atom. The number of carboxylic acids is 1. The molecule has 0 spiro atoms. The van der Waals surface area contributed by atoms with E-state index in [9.17, 15) is 22.7 Å². The van der Waals surface area contributed by atoms with E-state index in [2.05, 4.69) is 0 Å². The van der Waals surface area contributed by atoms with Crippen LogP contribution in [0.15, 0.2) is 29.2 Å². The zero-order valence-electron chi connectivity index (χ0n) is 11.7. The minimum atomic E-state index is -3.92. The first-order valence-corrected chi connectivity index (χ1v) is 8.30. The van der Waals surface area contributed by atoms with E-state index in [1.807, 2.05) is 6.92 Å². The van der Waals surface area contributed by atoms with Gasteiger partial charge in [-0.3, -0.25) is 4.79 Å². The Bertz CT molecular complexity index is 614. The zero-order valence-corrected chi connectivity index (χ0v) is 12.5. The highest BCUT2D eigenvalue weighted by atomic mass is 32.2. The number of rotatable bonds is 4. The van der Waals surface area contributed by atoms with E-state index in [0.29, 0.717) is 12.8 Å². The largest absolute Gasteiger partial charge is 0.480 e. The van der Waals surface area contributed by atoms with Crippen molar-refractivity contribution in [2.24, 2.45) is 5.92 Å². The van der Waals surface area contributed by atoms with E-state index < -0.39 is 27.9 Å². The summed E-state index contributed by atoms with van der Waals surface area (Å²) in [7, 11) is -3.92. The van der Waals surface area contributed by atoms with Crippen molar-refractivity contribution in [2.45, 2.75) is 37.1 Å². The molecule has 0 amide bonds. The van der Waals surface area contributed by atoms with E-state index in [4.69, 9.17) is 0 Å². The molecule has 0 aromatic heterocycles. The van der Waals surface area contributed by atoms with Crippen LogP contribution in [0.4, 0.5) is 4.39 Å². The second-order valence-corrected chi connectivity index (χ2v) is 7.11. The van der Waals surface area contributed by atoms with E-state index in [1.165, 1.54) is 0 Å². The predicted molar refractivity (Wildman–Crippen MR) is 74.7 cm³/mol. The molecule has 2 rings (SSSR count). The molecule has 0 bridgehead atoms. The van der Waals surface area contributed by atoms with Gasteiger partial charge in [-0.1, -0.05) is 13.3 Å². The van der Waals surface area contributed by atoms with Crippen LogP contribution in [-0.4, -0.2) is 36.4 Å². The lowest BCUT2D eigenvalue weighted by Gasteiger charge is -2.35. The maximum atomic E-state index is 12.9. The third kappa shape index (κ3) is 3.24. The molecule has 7 heteroatoms. The summed E-state index contributed by atoms with van der Waals surface area (Å²) in [6.07, 6.45) is 1.78. The first-order chi connectivity index (χ1) is 9.86. The highest BCUT2D eigenvalue weighted by Gasteiger charge is 2.40. The topological polar surface area (TPSA) is 74.7 Å². The number of carbonyl (C=O) groups is 1. The van der Waals surface area contributed by atoms with Gasteiger partial charge in [0.05, 0.1) is 4.90 Å². The van der Waals surface area contributed by atoms with Crippen LogP contribution in [0.3, 0.4) is 0 Å². The second-order valence-electron chi connectivity index (χ2n) is 5.22. The van der Waals surface area contributed by atoms with E-state index in [1.54, 1.807) is 0 Å². The molecule has 1 aromatic rings. The molecule has 0 saturated carbocycles. The monoisotopic (exact) mass is 315 g/mol. The lowest BCUT2D eigenvalue weighted by molar-refractivity contribution is -0.143. The van der Waals surface area contributed by atoms with Gasteiger partial charge in [-0.05, 0) is 43.0 Å². The van der Waals surface area contributed by atoms with Gasteiger partial charge in [0.15, 0.2) is 0 Å². The summed E-state index contributed by atoms with van der Waals surface area (Å²) in [5.41, 5.74) is 0. The number of aliphatic carboxylic acids is 1. The lowest BCUT2D eigenvalue weighted by atomic mass is 9.90. The quantitative estimate of drug-likeness (QED) is 0.923. The van der Waals surface area contributed by atoms with Crippen molar-refractivity contribution in [1.29, 1.82) is 0 Å². The molecule has 2 unspecified atom stereocenters. The van der Waals surface area contributed by atoms with Crippen molar-refractivity contribution in [3.05, 3.63) is 30.1 Å². The van der Waals surface area contributed by atoms with Crippen LogP contribution in [0.1, 0.15) is 26.2 Å². The molecule has 2 atom stereocenters. The minimum absolute atomic E-state index is 0.0786. The van der Waals surface area contributed by atoms with Gasteiger partial charge in [-0.2, -0.15) is 4.31 Å². The van der Waals surface area contributed by atoms with Crippen LogP contribution >= 0.6 is 0 Å². The summed E-state index contributed by atoms with van der Waals surface area (Å²) in [5.74, 6) is -1.46. The van der Waals surface area contributed by atoms with Crippen LogP contribution < -0.4 is 0 Å². The minimum Gasteiger partial charge on any atom is -0.480 e. The number of hydrogen-bond acceptors (Lipinski definition) is 3. The van der Waals surface area contributed by atoms with Gasteiger partial charge in [0.2, 0.25) is 10.0 Å². The van der Waals surface area contributed by atoms with Crippen molar-refractivity contribution >= 4 is 16.0 Å². The van der Waals surface area contributed by atoms with Crippen molar-refractivity contribution in [1.82, 2.24) is 4.31 Å². The molecule has 1 aromatic carbocycles. The van der Waals surface area contributed by atoms with Gasteiger partial charge < -0.3 is 5.11 Å². The fourth-order valence-corrected chi connectivity index (χ4v) is 4.25. The lowest BCUT2D eigenvalue weighted by Crippen LogP contribution is -2.49. The fraction of sp³-hybridized carbons (Fsp3) is 0.500. The standard InChI is InChI=1S/C14H18FNO4S/c1-2-10-7-8-16(13(9-10)14(17)18)21(19,20)12-5-3-11(15)4-6-12/h3-6,10,13H,2,7-9H2,1H3,(H,17,18). The summed E-state index contributed by atoms with van der Waals surface area (Å²) in [5, 5.41) is 9.31. The average Bonchev–Trinajstić information content (AvgIpc) is 2.47. The maximum absolute atomic E-state index is 12.9. The highest BCUT2D eigenvalue weighted by Crippen LogP contribution is 2.30. The Morgan fingerprint density at radius 1 is 1.38 bits per heavy atom. The number of hydrogen-bond donors (Lipinski definition) is 1. The maximum Gasteiger partial charge on any atom is 0.322 e.